The van der Waals surface area contributed by atoms with Crippen molar-refractivity contribution in [2.75, 3.05) is 6.61 Å². The Hall–Kier alpha value is -0.610. The molecule has 4 nitrogen and oxygen atoms in total. The maximum Gasteiger partial charge on any atom is 0.367 e. The molecule has 0 heterocycles. The highest BCUT2D eigenvalue weighted by Gasteiger charge is 2.32. The van der Waals surface area contributed by atoms with Gasteiger partial charge in [0.15, 0.2) is 0 Å². The number of carboxylic acids is 1. The molecule has 1 N–H and O–H groups in total. The first-order valence-corrected chi connectivity index (χ1v) is 2.58. The lowest BCUT2D eigenvalue weighted by molar-refractivity contribution is -0.236. The summed E-state index contributed by atoms with van der Waals surface area (Å²) in [6.45, 7) is 2.66. The maximum absolute atomic E-state index is 10.6. The van der Waals surface area contributed by atoms with Gasteiger partial charge in [-0.3, -0.25) is 0 Å². The normalized spacial score (nSPS) is 16.8. The minimum atomic E-state index is -2.28. The summed E-state index contributed by atoms with van der Waals surface area (Å²) in [6.07, 6.45) is 0. The predicted octanol–water partition coefficient (Wildman–Crippen LogP) is 0.254. The zero-order chi connectivity index (χ0) is 7.49. The summed E-state index contributed by atoms with van der Waals surface area (Å²) in [4.78, 5) is 9.97. The number of ether oxygens (including phenoxy) is 1. The second-order valence-corrected chi connectivity index (χ2v) is 1.68. The van der Waals surface area contributed by atoms with Gasteiger partial charge in [-0.25, -0.2) is 4.79 Å². The highest BCUT2D eigenvalue weighted by molar-refractivity contribution is 5.74. The second-order valence-electron chi connectivity index (χ2n) is 1.68. The molecule has 0 aromatic carbocycles. The van der Waals surface area contributed by atoms with Gasteiger partial charge in [0.2, 0.25) is 0 Å². The average molecular weight is 133 g/mol. The van der Waals surface area contributed by atoms with Gasteiger partial charge in [-0.1, -0.05) is 0 Å². The molecule has 1 radical (unpaired) electrons. The Morgan fingerprint density at radius 3 is 2.33 bits per heavy atom. The van der Waals surface area contributed by atoms with Gasteiger partial charge in [0, 0.05) is 13.5 Å². The Morgan fingerprint density at radius 2 is 2.22 bits per heavy atom. The van der Waals surface area contributed by atoms with E-state index in [9.17, 15) is 9.90 Å². The SMILES string of the molecule is CCOC(C)([O])C(=O)O. The first kappa shape index (κ1) is 8.39. The maximum atomic E-state index is 10.6. The molecule has 1 unspecified atom stereocenters. The standard InChI is InChI=1S/C5H9O4/c1-3-9-5(2,8)4(6)7/h3H2,1-2H3,(H,6,7). The van der Waals surface area contributed by atoms with Crippen LogP contribution in [0.4, 0.5) is 0 Å². The van der Waals surface area contributed by atoms with Crippen molar-refractivity contribution in [2.45, 2.75) is 19.6 Å². The molecule has 4 heteroatoms. The molecule has 0 rings (SSSR count). The Morgan fingerprint density at radius 1 is 1.78 bits per heavy atom. The molecule has 0 amide bonds. The first-order valence-electron chi connectivity index (χ1n) is 2.58. The highest BCUT2D eigenvalue weighted by atomic mass is 16.6. The number of rotatable bonds is 3. The van der Waals surface area contributed by atoms with Crippen LogP contribution >= 0.6 is 0 Å². The topological polar surface area (TPSA) is 66.4 Å². The Bertz CT molecular complexity index is 108. The summed E-state index contributed by atoms with van der Waals surface area (Å²) in [6, 6.07) is 0. The molecule has 0 aromatic heterocycles. The van der Waals surface area contributed by atoms with Crippen molar-refractivity contribution in [3.05, 3.63) is 0 Å². The number of carbonyl (C=O) groups is 1. The number of hydrogen-bond acceptors (Lipinski definition) is 2. The van der Waals surface area contributed by atoms with E-state index in [0.717, 1.165) is 6.92 Å². The summed E-state index contributed by atoms with van der Waals surface area (Å²) in [5.74, 6) is -3.77. The van der Waals surface area contributed by atoms with E-state index in [1.165, 1.54) is 0 Å². The van der Waals surface area contributed by atoms with Crippen molar-refractivity contribution < 1.29 is 19.7 Å². The molecule has 0 aliphatic rings. The zero-order valence-electron chi connectivity index (χ0n) is 5.38. The molecule has 0 saturated heterocycles. The van der Waals surface area contributed by atoms with E-state index in [1.54, 1.807) is 6.92 Å². The number of carboxylic acid groups (broad SMARTS) is 1. The third-order valence-electron chi connectivity index (χ3n) is 0.808. The lowest BCUT2D eigenvalue weighted by atomic mass is 10.3. The molecule has 0 saturated carbocycles. The largest absolute Gasteiger partial charge is 0.477 e. The van der Waals surface area contributed by atoms with Crippen LogP contribution in [0.3, 0.4) is 0 Å². The molecular weight excluding hydrogens is 124 g/mol. The molecule has 0 aliphatic heterocycles. The van der Waals surface area contributed by atoms with Crippen LogP contribution in [0.5, 0.6) is 0 Å². The molecular formula is C5H9O4. The number of hydrogen-bond donors (Lipinski definition) is 1. The van der Waals surface area contributed by atoms with Crippen molar-refractivity contribution >= 4 is 5.97 Å². The Labute approximate surface area is 53.1 Å². The van der Waals surface area contributed by atoms with Gasteiger partial charge in [-0.15, -0.1) is 0 Å². The molecule has 0 fully saturated rings. The summed E-state index contributed by atoms with van der Waals surface area (Å²) < 4.78 is 4.34. The lowest BCUT2D eigenvalue weighted by Gasteiger charge is -2.13. The molecule has 0 aromatic rings. The first-order chi connectivity index (χ1) is 4.00. The fourth-order valence-electron chi connectivity index (χ4n) is 0.337. The third kappa shape index (κ3) is 2.43. The number of aliphatic carboxylic acids is 1. The van der Waals surface area contributed by atoms with E-state index in [1.807, 2.05) is 0 Å². The van der Waals surface area contributed by atoms with Gasteiger partial charge in [0.25, 0.3) is 5.79 Å². The van der Waals surface area contributed by atoms with Gasteiger partial charge in [0.1, 0.15) is 0 Å². The molecule has 0 spiro atoms. The third-order valence-corrected chi connectivity index (χ3v) is 0.808. The van der Waals surface area contributed by atoms with Crippen LogP contribution in [0.1, 0.15) is 13.8 Å². The van der Waals surface area contributed by atoms with Crippen LogP contribution in [0.2, 0.25) is 0 Å². The van der Waals surface area contributed by atoms with Crippen LogP contribution < -0.4 is 0 Å². The molecule has 0 aliphatic carbocycles. The van der Waals surface area contributed by atoms with Gasteiger partial charge >= 0.3 is 5.97 Å². The average Bonchev–Trinajstić information content (AvgIpc) is 1.65. The Kier molecular flexibility index (Phi) is 2.61. The molecule has 1 atom stereocenters. The van der Waals surface area contributed by atoms with E-state index in [0.29, 0.717) is 0 Å². The van der Waals surface area contributed by atoms with E-state index >= 15 is 0 Å². The second kappa shape index (κ2) is 2.80. The van der Waals surface area contributed by atoms with Crippen molar-refractivity contribution in [3.63, 3.8) is 0 Å². The van der Waals surface area contributed by atoms with Crippen molar-refractivity contribution in [2.24, 2.45) is 0 Å². The van der Waals surface area contributed by atoms with Crippen molar-refractivity contribution in [3.8, 4) is 0 Å². The van der Waals surface area contributed by atoms with Crippen LogP contribution in [-0.2, 0) is 14.6 Å². The predicted molar refractivity (Wildman–Crippen MR) is 28.4 cm³/mol. The fourth-order valence-corrected chi connectivity index (χ4v) is 0.337. The van der Waals surface area contributed by atoms with Crippen LogP contribution in [0, 0.1) is 0 Å². The Balaban J connectivity index is 3.85. The van der Waals surface area contributed by atoms with Gasteiger partial charge in [-0.05, 0) is 6.92 Å². The minimum Gasteiger partial charge on any atom is -0.477 e. The van der Waals surface area contributed by atoms with E-state index in [4.69, 9.17) is 5.11 Å². The van der Waals surface area contributed by atoms with E-state index in [2.05, 4.69) is 4.74 Å². The lowest BCUT2D eigenvalue weighted by Crippen LogP contribution is -2.36. The zero-order valence-corrected chi connectivity index (χ0v) is 5.38. The van der Waals surface area contributed by atoms with Crippen LogP contribution in [-0.4, -0.2) is 23.5 Å². The summed E-state index contributed by atoms with van der Waals surface area (Å²) in [5, 5.41) is 18.7. The monoisotopic (exact) mass is 133 g/mol. The van der Waals surface area contributed by atoms with Crippen LogP contribution in [0.25, 0.3) is 0 Å². The van der Waals surface area contributed by atoms with Gasteiger partial charge in [0.05, 0.1) is 0 Å². The smallest absolute Gasteiger partial charge is 0.367 e. The van der Waals surface area contributed by atoms with E-state index < -0.39 is 11.8 Å². The van der Waals surface area contributed by atoms with Crippen LogP contribution in [0.15, 0.2) is 0 Å². The summed E-state index contributed by atoms with van der Waals surface area (Å²) in [5.41, 5.74) is 0. The van der Waals surface area contributed by atoms with Crippen molar-refractivity contribution in [1.29, 1.82) is 0 Å². The molecule has 53 valence electrons. The quantitative estimate of drug-likeness (QED) is 0.561. The minimum absolute atomic E-state index is 0.117. The fraction of sp³-hybridized carbons (Fsp3) is 0.800. The van der Waals surface area contributed by atoms with Gasteiger partial charge < -0.3 is 9.84 Å². The highest BCUT2D eigenvalue weighted by Crippen LogP contribution is 2.05. The molecule has 9 heavy (non-hydrogen) atoms. The summed E-state index contributed by atoms with van der Waals surface area (Å²) >= 11 is 0. The summed E-state index contributed by atoms with van der Waals surface area (Å²) in [7, 11) is 0. The molecule has 0 bridgehead atoms. The van der Waals surface area contributed by atoms with Gasteiger partial charge in [-0.2, -0.15) is 5.11 Å². The van der Waals surface area contributed by atoms with E-state index in [-0.39, 0.29) is 6.61 Å². The van der Waals surface area contributed by atoms with Crippen molar-refractivity contribution in [1.82, 2.24) is 0 Å².